The number of esters is 1. The molecule has 0 spiro atoms. The number of carbonyl (C=O) groups is 1. The van der Waals surface area contributed by atoms with Gasteiger partial charge in [0.1, 0.15) is 6.61 Å². The monoisotopic (exact) mass is 199 g/mol. The first-order valence-corrected chi connectivity index (χ1v) is 5.11. The lowest BCUT2D eigenvalue weighted by molar-refractivity contribution is -0.139. The van der Waals surface area contributed by atoms with Crippen molar-refractivity contribution >= 4 is 5.97 Å². The second kappa shape index (κ2) is 7.56. The summed E-state index contributed by atoms with van der Waals surface area (Å²) in [6.45, 7) is 9.03. The molecule has 0 saturated heterocycles. The Morgan fingerprint density at radius 1 is 1.57 bits per heavy atom. The number of likely N-dealkylation sites (N-methyl/N-ethyl adjacent to an activating group) is 1. The molecule has 3 nitrogen and oxygen atoms in total. The van der Waals surface area contributed by atoms with Gasteiger partial charge in [0, 0.05) is 12.1 Å². The Morgan fingerprint density at radius 2 is 2.21 bits per heavy atom. The Morgan fingerprint density at radius 3 is 2.71 bits per heavy atom. The van der Waals surface area contributed by atoms with E-state index in [1.165, 1.54) is 0 Å². The third kappa shape index (κ3) is 5.75. The van der Waals surface area contributed by atoms with E-state index < -0.39 is 0 Å². The molecule has 1 N–H and O–H groups in total. The van der Waals surface area contributed by atoms with Gasteiger partial charge in [-0.15, -0.1) is 0 Å². The zero-order chi connectivity index (χ0) is 11.0. The Kier molecular flexibility index (Phi) is 7.11. The molecule has 0 aromatic rings. The van der Waals surface area contributed by atoms with Crippen LogP contribution in [0.4, 0.5) is 0 Å². The molecule has 1 atom stereocenters. The van der Waals surface area contributed by atoms with Gasteiger partial charge in [0.05, 0.1) is 0 Å². The lowest BCUT2D eigenvalue weighted by Gasteiger charge is -2.10. The minimum atomic E-state index is -0.263. The summed E-state index contributed by atoms with van der Waals surface area (Å²) in [5, 5.41) is 2.91. The molecular formula is C11H21NO2. The van der Waals surface area contributed by atoms with E-state index in [4.69, 9.17) is 4.74 Å². The number of rotatable bonds is 7. The van der Waals surface area contributed by atoms with Gasteiger partial charge in [0.2, 0.25) is 0 Å². The average molecular weight is 199 g/mol. The van der Waals surface area contributed by atoms with Crippen LogP contribution < -0.4 is 5.32 Å². The number of nitrogens with one attached hydrogen (secondary N) is 1. The third-order valence-electron chi connectivity index (χ3n) is 2.17. The highest BCUT2D eigenvalue weighted by atomic mass is 16.5. The number of hydrogen-bond donors (Lipinski definition) is 1. The maximum Gasteiger partial charge on any atom is 0.333 e. The first-order chi connectivity index (χ1) is 6.61. The van der Waals surface area contributed by atoms with Crippen LogP contribution in [0.25, 0.3) is 0 Å². The lowest BCUT2D eigenvalue weighted by atomic mass is 10.0. The molecule has 0 aromatic heterocycles. The van der Waals surface area contributed by atoms with Crippen LogP contribution >= 0.6 is 0 Å². The molecule has 0 heterocycles. The number of ether oxygens (including phenoxy) is 1. The summed E-state index contributed by atoms with van der Waals surface area (Å²) in [7, 11) is 1.82. The fraction of sp³-hybridized carbons (Fsp3) is 0.727. The first-order valence-electron chi connectivity index (χ1n) is 5.11. The average Bonchev–Trinajstić information content (AvgIpc) is 2.17. The molecule has 0 aliphatic heterocycles. The Balaban J connectivity index is 3.71. The normalized spacial score (nSPS) is 12.2. The van der Waals surface area contributed by atoms with Gasteiger partial charge in [-0.2, -0.15) is 0 Å². The van der Waals surface area contributed by atoms with Gasteiger partial charge in [0.15, 0.2) is 0 Å². The van der Waals surface area contributed by atoms with Crippen LogP contribution in [0.5, 0.6) is 0 Å². The first kappa shape index (κ1) is 13.2. The lowest BCUT2D eigenvalue weighted by Crippen LogP contribution is -2.18. The number of carbonyl (C=O) groups excluding carboxylic acids is 1. The zero-order valence-electron chi connectivity index (χ0n) is 9.43. The molecule has 0 bridgehead atoms. The summed E-state index contributed by atoms with van der Waals surface area (Å²) in [6, 6.07) is 0. The molecule has 0 rings (SSSR count). The fourth-order valence-electron chi connectivity index (χ4n) is 0.996. The zero-order valence-corrected chi connectivity index (χ0v) is 9.43. The van der Waals surface area contributed by atoms with Gasteiger partial charge < -0.3 is 10.1 Å². The van der Waals surface area contributed by atoms with Crippen molar-refractivity contribution in [1.29, 1.82) is 0 Å². The third-order valence-corrected chi connectivity index (χ3v) is 2.17. The van der Waals surface area contributed by atoms with Gasteiger partial charge in [-0.25, -0.2) is 4.79 Å². The Bertz CT molecular complexity index is 190. The van der Waals surface area contributed by atoms with Gasteiger partial charge in [0.25, 0.3) is 0 Å². The molecule has 82 valence electrons. The summed E-state index contributed by atoms with van der Waals surface area (Å²) in [5.74, 6) is 0.236. The summed E-state index contributed by atoms with van der Waals surface area (Å²) in [6.07, 6.45) is 1.79. The SMILES string of the molecule is C=C(CC(C)CC)C(=O)OCCNC. The maximum absolute atomic E-state index is 11.3. The second-order valence-corrected chi connectivity index (χ2v) is 3.56. The largest absolute Gasteiger partial charge is 0.461 e. The Hall–Kier alpha value is -0.830. The van der Waals surface area contributed by atoms with E-state index in [1.54, 1.807) is 0 Å². The molecule has 0 saturated carbocycles. The summed E-state index contributed by atoms with van der Waals surface area (Å²) >= 11 is 0. The molecule has 0 aliphatic carbocycles. The van der Waals surface area contributed by atoms with Gasteiger partial charge in [-0.05, 0) is 19.4 Å². The summed E-state index contributed by atoms with van der Waals surface area (Å²) < 4.78 is 4.99. The predicted octanol–water partition coefficient (Wildman–Crippen LogP) is 1.74. The summed E-state index contributed by atoms with van der Waals surface area (Å²) in [4.78, 5) is 11.3. The molecule has 0 amide bonds. The van der Waals surface area contributed by atoms with Crippen molar-refractivity contribution < 1.29 is 9.53 Å². The molecule has 0 aromatic carbocycles. The quantitative estimate of drug-likeness (QED) is 0.385. The van der Waals surface area contributed by atoms with Crippen molar-refractivity contribution in [1.82, 2.24) is 5.32 Å². The molecule has 0 fully saturated rings. The smallest absolute Gasteiger partial charge is 0.333 e. The minimum absolute atomic E-state index is 0.263. The standard InChI is InChI=1S/C11H21NO2/c1-5-9(2)8-10(3)11(13)14-7-6-12-4/h9,12H,3,5-8H2,1-2,4H3. The van der Waals surface area contributed by atoms with Crippen LogP contribution in [0.3, 0.4) is 0 Å². The van der Waals surface area contributed by atoms with E-state index in [0.29, 0.717) is 24.6 Å². The Labute approximate surface area is 86.5 Å². The van der Waals surface area contributed by atoms with Gasteiger partial charge in [-0.1, -0.05) is 26.8 Å². The molecule has 14 heavy (non-hydrogen) atoms. The van der Waals surface area contributed by atoms with Gasteiger partial charge in [-0.3, -0.25) is 0 Å². The van der Waals surface area contributed by atoms with Crippen LogP contribution in [0, 0.1) is 5.92 Å². The van der Waals surface area contributed by atoms with Crippen LogP contribution in [-0.4, -0.2) is 26.2 Å². The molecule has 3 heteroatoms. The molecule has 0 aliphatic rings. The van der Waals surface area contributed by atoms with Crippen molar-refractivity contribution in [3.05, 3.63) is 12.2 Å². The highest BCUT2D eigenvalue weighted by Crippen LogP contribution is 2.13. The topological polar surface area (TPSA) is 38.3 Å². The highest BCUT2D eigenvalue weighted by Gasteiger charge is 2.10. The summed E-state index contributed by atoms with van der Waals surface area (Å²) in [5.41, 5.74) is 0.579. The van der Waals surface area contributed by atoms with Crippen molar-refractivity contribution in [3.63, 3.8) is 0 Å². The van der Waals surface area contributed by atoms with E-state index in [0.717, 1.165) is 12.8 Å². The van der Waals surface area contributed by atoms with E-state index in [-0.39, 0.29) is 5.97 Å². The highest BCUT2D eigenvalue weighted by molar-refractivity contribution is 5.87. The van der Waals surface area contributed by atoms with Crippen LogP contribution in [-0.2, 0) is 9.53 Å². The van der Waals surface area contributed by atoms with Crippen LogP contribution in [0.2, 0.25) is 0 Å². The fourth-order valence-corrected chi connectivity index (χ4v) is 0.996. The predicted molar refractivity (Wildman–Crippen MR) is 58.1 cm³/mol. The minimum Gasteiger partial charge on any atom is -0.461 e. The van der Waals surface area contributed by atoms with Crippen molar-refractivity contribution in [2.24, 2.45) is 5.92 Å². The van der Waals surface area contributed by atoms with E-state index in [9.17, 15) is 4.79 Å². The van der Waals surface area contributed by atoms with Crippen molar-refractivity contribution in [3.8, 4) is 0 Å². The number of hydrogen-bond acceptors (Lipinski definition) is 3. The van der Waals surface area contributed by atoms with E-state index in [1.807, 2.05) is 7.05 Å². The van der Waals surface area contributed by atoms with Crippen LogP contribution in [0.1, 0.15) is 26.7 Å². The second-order valence-electron chi connectivity index (χ2n) is 3.56. The van der Waals surface area contributed by atoms with E-state index >= 15 is 0 Å². The molecule has 1 unspecified atom stereocenters. The van der Waals surface area contributed by atoms with Gasteiger partial charge >= 0.3 is 5.97 Å². The molecule has 0 radical (unpaired) electrons. The van der Waals surface area contributed by atoms with Crippen molar-refractivity contribution in [2.45, 2.75) is 26.7 Å². The van der Waals surface area contributed by atoms with E-state index in [2.05, 4.69) is 25.7 Å². The van der Waals surface area contributed by atoms with Crippen molar-refractivity contribution in [2.75, 3.05) is 20.2 Å². The molecular weight excluding hydrogens is 178 g/mol. The maximum atomic E-state index is 11.3. The van der Waals surface area contributed by atoms with Crippen LogP contribution in [0.15, 0.2) is 12.2 Å².